The third-order valence-corrected chi connectivity index (χ3v) is 2.92. The Hall–Kier alpha value is -2.28. The molecule has 1 heterocycles. The van der Waals surface area contributed by atoms with Crippen LogP contribution in [0.1, 0.15) is 30.6 Å². The van der Waals surface area contributed by atoms with E-state index in [1.54, 1.807) is 6.20 Å². The van der Waals surface area contributed by atoms with Gasteiger partial charge in [-0.25, -0.2) is 4.39 Å². The highest BCUT2D eigenvalue weighted by Crippen LogP contribution is 2.18. The van der Waals surface area contributed by atoms with E-state index in [1.165, 1.54) is 23.0 Å². The summed E-state index contributed by atoms with van der Waals surface area (Å²) < 4.78 is 14.8. The number of nitro benzene ring substituents is 1. The molecule has 1 N–H and O–H groups in total. The Morgan fingerprint density at radius 2 is 2.25 bits per heavy atom. The zero-order chi connectivity index (χ0) is 14.7. The molecule has 0 saturated carbocycles. The van der Waals surface area contributed by atoms with Crippen LogP contribution in [0.25, 0.3) is 0 Å². The van der Waals surface area contributed by atoms with Crippen molar-refractivity contribution in [1.82, 2.24) is 9.78 Å². The van der Waals surface area contributed by atoms with Crippen LogP contribution in [0.5, 0.6) is 0 Å². The van der Waals surface area contributed by atoms with Crippen molar-refractivity contribution in [3.05, 3.63) is 57.7 Å². The number of nitrogens with zero attached hydrogens (tertiary/aromatic N) is 3. The van der Waals surface area contributed by atoms with Crippen LogP contribution in [-0.4, -0.2) is 19.8 Å². The van der Waals surface area contributed by atoms with E-state index in [0.29, 0.717) is 17.5 Å². The molecule has 0 bridgehead atoms. The number of non-ortho nitro benzene ring substituents is 1. The van der Waals surface area contributed by atoms with Gasteiger partial charge in [-0.2, -0.15) is 5.10 Å². The van der Waals surface area contributed by atoms with Crippen LogP contribution >= 0.6 is 0 Å². The number of aliphatic hydroxyl groups is 1. The fraction of sp³-hybridized carbons (Fsp3) is 0.308. The lowest BCUT2D eigenvalue weighted by Gasteiger charge is -2.04. The van der Waals surface area contributed by atoms with Gasteiger partial charge in [0.05, 0.1) is 29.8 Å². The van der Waals surface area contributed by atoms with Gasteiger partial charge in [0.1, 0.15) is 5.82 Å². The Balaban J connectivity index is 2.21. The third kappa shape index (κ3) is 3.18. The molecule has 0 fully saturated rings. The summed E-state index contributed by atoms with van der Waals surface area (Å²) in [7, 11) is 0. The largest absolute Gasteiger partial charge is 0.388 e. The Labute approximate surface area is 114 Å². The fourth-order valence-electron chi connectivity index (χ4n) is 1.89. The number of hydrogen-bond donors (Lipinski definition) is 1. The standard InChI is InChI=1S/C13H14FN3O3/c1-2-13(18)10-6-15-16(8-10)7-9-3-11(14)5-12(4-9)17(19)20/h3-6,8,13,18H,2,7H2,1H3. The van der Waals surface area contributed by atoms with E-state index in [2.05, 4.69) is 5.10 Å². The lowest BCUT2D eigenvalue weighted by atomic mass is 10.1. The molecule has 7 heteroatoms. The highest BCUT2D eigenvalue weighted by molar-refractivity contribution is 5.35. The first kappa shape index (κ1) is 14.1. The van der Waals surface area contributed by atoms with Crippen LogP contribution in [-0.2, 0) is 6.54 Å². The van der Waals surface area contributed by atoms with Gasteiger partial charge in [0, 0.05) is 17.8 Å². The summed E-state index contributed by atoms with van der Waals surface area (Å²) in [5.74, 6) is -0.657. The molecule has 1 atom stereocenters. The van der Waals surface area contributed by atoms with E-state index in [9.17, 15) is 19.6 Å². The fourth-order valence-corrected chi connectivity index (χ4v) is 1.89. The van der Waals surface area contributed by atoms with Crippen LogP contribution in [0, 0.1) is 15.9 Å². The molecular weight excluding hydrogens is 265 g/mol. The van der Waals surface area contributed by atoms with Crippen molar-refractivity contribution in [3.8, 4) is 0 Å². The van der Waals surface area contributed by atoms with Gasteiger partial charge in [-0.3, -0.25) is 14.8 Å². The van der Waals surface area contributed by atoms with E-state index in [1.807, 2.05) is 6.92 Å². The zero-order valence-electron chi connectivity index (χ0n) is 10.9. The van der Waals surface area contributed by atoms with Gasteiger partial charge in [0.25, 0.3) is 5.69 Å². The Morgan fingerprint density at radius 3 is 2.90 bits per heavy atom. The molecule has 106 valence electrons. The van der Waals surface area contributed by atoms with Gasteiger partial charge in [-0.1, -0.05) is 6.92 Å². The first-order chi connectivity index (χ1) is 9.49. The maximum Gasteiger partial charge on any atom is 0.272 e. The van der Waals surface area contributed by atoms with Gasteiger partial charge in [0.2, 0.25) is 0 Å². The molecule has 0 spiro atoms. The predicted octanol–water partition coefficient (Wildman–Crippen LogP) is 2.42. The van der Waals surface area contributed by atoms with E-state index in [-0.39, 0.29) is 12.2 Å². The summed E-state index contributed by atoms with van der Waals surface area (Å²) >= 11 is 0. The number of rotatable bonds is 5. The molecule has 0 radical (unpaired) electrons. The minimum Gasteiger partial charge on any atom is -0.388 e. The van der Waals surface area contributed by atoms with Crippen molar-refractivity contribution in [2.24, 2.45) is 0 Å². The van der Waals surface area contributed by atoms with Crippen molar-refractivity contribution in [1.29, 1.82) is 0 Å². The van der Waals surface area contributed by atoms with Crippen molar-refractivity contribution in [3.63, 3.8) is 0 Å². The Morgan fingerprint density at radius 1 is 1.50 bits per heavy atom. The maximum absolute atomic E-state index is 13.3. The number of aromatic nitrogens is 2. The van der Waals surface area contributed by atoms with E-state index < -0.39 is 16.8 Å². The Bertz CT molecular complexity index is 627. The van der Waals surface area contributed by atoms with Crippen molar-refractivity contribution in [2.45, 2.75) is 26.0 Å². The molecule has 1 aromatic carbocycles. The number of hydrogen-bond acceptors (Lipinski definition) is 4. The number of halogens is 1. The molecule has 0 aliphatic heterocycles. The van der Waals surface area contributed by atoms with Gasteiger partial charge < -0.3 is 5.11 Å². The molecule has 1 aromatic heterocycles. The van der Waals surface area contributed by atoms with E-state index >= 15 is 0 Å². The van der Waals surface area contributed by atoms with Gasteiger partial charge >= 0.3 is 0 Å². The minimum absolute atomic E-state index is 0.203. The summed E-state index contributed by atoms with van der Waals surface area (Å²) in [4.78, 5) is 10.0. The van der Waals surface area contributed by atoms with Crippen LogP contribution in [0.4, 0.5) is 10.1 Å². The molecule has 0 saturated heterocycles. The van der Waals surface area contributed by atoms with Crippen molar-refractivity contribution >= 4 is 5.69 Å². The SMILES string of the molecule is CCC(O)c1cnn(Cc2cc(F)cc([N+](=O)[O-])c2)c1. The lowest BCUT2D eigenvalue weighted by Crippen LogP contribution is -2.02. The molecule has 0 aliphatic carbocycles. The van der Waals surface area contributed by atoms with Crippen molar-refractivity contribution in [2.75, 3.05) is 0 Å². The number of nitro groups is 1. The monoisotopic (exact) mass is 279 g/mol. The summed E-state index contributed by atoms with van der Waals surface area (Å²) in [6.07, 6.45) is 3.15. The van der Waals surface area contributed by atoms with E-state index in [0.717, 1.165) is 6.07 Å². The van der Waals surface area contributed by atoms with Gasteiger partial charge in [-0.15, -0.1) is 0 Å². The topological polar surface area (TPSA) is 81.2 Å². The second-order valence-electron chi connectivity index (χ2n) is 4.47. The molecule has 6 nitrogen and oxygen atoms in total. The molecule has 0 amide bonds. The second-order valence-corrected chi connectivity index (χ2v) is 4.47. The van der Waals surface area contributed by atoms with Gasteiger partial charge in [0.15, 0.2) is 0 Å². The van der Waals surface area contributed by atoms with Crippen LogP contribution in [0.3, 0.4) is 0 Å². The Kier molecular flexibility index (Phi) is 4.09. The number of benzene rings is 1. The molecule has 1 unspecified atom stereocenters. The highest BCUT2D eigenvalue weighted by Gasteiger charge is 2.12. The summed E-state index contributed by atoms with van der Waals surface area (Å²) in [5.41, 5.74) is 0.816. The summed E-state index contributed by atoms with van der Waals surface area (Å²) in [6.45, 7) is 2.05. The molecule has 2 aromatic rings. The third-order valence-electron chi connectivity index (χ3n) is 2.92. The van der Waals surface area contributed by atoms with Crippen LogP contribution < -0.4 is 0 Å². The second kappa shape index (κ2) is 5.79. The molecule has 20 heavy (non-hydrogen) atoms. The predicted molar refractivity (Wildman–Crippen MR) is 69.6 cm³/mol. The lowest BCUT2D eigenvalue weighted by molar-refractivity contribution is -0.385. The van der Waals surface area contributed by atoms with Crippen LogP contribution in [0.15, 0.2) is 30.6 Å². The number of aliphatic hydroxyl groups excluding tert-OH is 1. The minimum atomic E-state index is -0.657. The smallest absolute Gasteiger partial charge is 0.272 e. The summed E-state index contributed by atoms with van der Waals surface area (Å²) in [6, 6.07) is 3.41. The molecular formula is C13H14FN3O3. The van der Waals surface area contributed by atoms with Gasteiger partial charge in [-0.05, 0) is 18.1 Å². The maximum atomic E-state index is 13.3. The molecule has 2 rings (SSSR count). The van der Waals surface area contributed by atoms with Crippen LogP contribution in [0.2, 0.25) is 0 Å². The zero-order valence-corrected chi connectivity index (χ0v) is 10.9. The summed E-state index contributed by atoms with van der Waals surface area (Å²) in [5, 5.41) is 24.4. The molecule has 0 aliphatic rings. The highest BCUT2D eigenvalue weighted by atomic mass is 19.1. The first-order valence-electron chi connectivity index (χ1n) is 6.14. The first-order valence-corrected chi connectivity index (χ1v) is 6.14. The quantitative estimate of drug-likeness (QED) is 0.673. The normalized spacial score (nSPS) is 12.3. The average molecular weight is 279 g/mol. The van der Waals surface area contributed by atoms with Crippen molar-refractivity contribution < 1.29 is 14.4 Å². The average Bonchev–Trinajstić information content (AvgIpc) is 2.85. The van der Waals surface area contributed by atoms with E-state index in [4.69, 9.17) is 0 Å².